The number of Topliss-reactive ketones (excluding diaryl/α,β-unsaturated/α-hetero) is 1. The number of benzene rings is 1. The van der Waals surface area contributed by atoms with E-state index in [9.17, 15) is 9.18 Å². The zero-order valence-electron chi connectivity index (χ0n) is 11.6. The molecule has 0 saturated carbocycles. The number of nitrogens with zero attached hydrogens (tertiary/aromatic N) is 2. The minimum Gasteiger partial charge on any atom is -0.370 e. The topological polar surface area (TPSA) is 44.1 Å². The van der Waals surface area contributed by atoms with Gasteiger partial charge in [-0.3, -0.25) is 4.79 Å². The number of carbonyl (C=O) groups excluding carboxylic acids is 1. The summed E-state index contributed by atoms with van der Waals surface area (Å²) in [6.07, 6.45) is 0.348. The van der Waals surface area contributed by atoms with E-state index in [1.807, 2.05) is 18.7 Å². The van der Waals surface area contributed by atoms with Gasteiger partial charge in [-0.05, 0) is 25.0 Å². The molecule has 1 aromatic rings. The molecule has 3 nitrogen and oxygen atoms in total. The molecule has 4 heteroatoms. The van der Waals surface area contributed by atoms with Crippen LogP contribution in [0.1, 0.15) is 37.6 Å². The Hall–Kier alpha value is -1.89. The van der Waals surface area contributed by atoms with Crippen molar-refractivity contribution in [1.29, 1.82) is 5.26 Å². The number of nitriles is 1. The summed E-state index contributed by atoms with van der Waals surface area (Å²) in [5.74, 6) is -0.434. The van der Waals surface area contributed by atoms with Crippen LogP contribution in [-0.2, 0) is 0 Å². The van der Waals surface area contributed by atoms with E-state index in [4.69, 9.17) is 5.26 Å². The number of ketones is 1. The third-order valence-corrected chi connectivity index (χ3v) is 2.76. The van der Waals surface area contributed by atoms with Gasteiger partial charge in [0.25, 0.3) is 0 Å². The Morgan fingerprint density at radius 1 is 1.47 bits per heavy atom. The Morgan fingerprint density at radius 2 is 2.16 bits per heavy atom. The lowest BCUT2D eigenvalue weighted by Gasteiger charge is -2.27. The normalized spacial score (nSPS) is 10.3. The van der Waals surface area contributed by atoms with Crippen molar-refractivity contribution in [1.82, 2.24) is 0 Å². The van der Waals surface area contributed by atoms with Gasteiger partial charge in [-0.15, -0.1) is 0 Å². The SMILES string of the molecule is CC(=O)c1c(F)cccc1N(CCC#N)CC(C)C. The number of carbonyl (C=O) groups is 1. The largest absolute Gasteiger partial charge is 0.370 e. The van der Waals surface area contributed by atoms with Gasteiger partial charge in [0.2, 0.25) is 0 Å². The predicted octanol–water partition coefficient (Wildman–Crippen LogP) is 3.40. The monoisotopic (exact) mass is 262 g/mol. The number of rotatable bonds is 6. The quantitative estimate of drug-likeness (QED) is 0.738. The van der Waals surface area contributed by atoms with Crippen molar-refractivity contribution < 1.29 is 9.18 Å². The third-order valence-electron chi connectivity index (χ3n) is 2.76. The van der Waals surface area contributed by atoms with Crippen LogP contribution in [0.2, 0.25) is 0 Å². The van der Waals surface area contributed by atoms with Gasteiger partial charge in [-0.2, -0.15) is 5.26 Å². The van der Waals surface area contributed by atoms with Crippen LogP contribution < -0.4 is 4.90 Å². The smallest absolute Gasteiger partial charge is 0.164 e. The summed E-state index contributed by atoms with van der Waals surface area (Å²) in [5, 5.41) is 8.71. The van der Waals surface area contributed by atoms with Gasteiger partial charge in [-0.25, -0.2) is 4.39 Å². The highest BCUT2D eigenvalue weighted by atomic mass is 19.1. The number of anilines is 1. The maximum Gasteiger partial charge on any atom is 0.164 e. The van der Waals surface area contributed by atoms with Gasteiger partial charge in [0, 0.05) is 13.1 Å². The lowest BCUT2D eigenvalue weighted by Crippen LogP contribution is -2.30. The fourth-order valence-corrected chi connectivity index (χ4v) is 2.06. The molecule has 0 amide bonds. The first-order chi connectivity index (χ1) is 8.97. The van der Waals surface area contributed by atoms with Crippen LogP contribution in [0.4, 0.5) is 10.1 Å². The molecule has 0 saturated heterocycles. The summed E-state index contributed by atoms with van der Waals surface area (Å²) in [4.78, 5) is 13.5. The molecule has 0 aromatic heterocycles. The van der Waals surface area contributed by atoms with Crippen LogP contribution in [0, 0.1) is 23.1 Å². The first kappa shape index (κ1) is 15.2. The Bertz CT molecular complexity index is 491. The van der Waals surface area contributed by atoms with E-state index in [0.717, 1.165) is 0 Å². The second-order valence-corrected chi connectivity index (χ2v) is 4.94. The lowest BCUT2D eigenvalue weighted by molar-refractivity contribution is 0.101. The Morgan fingerprint density at radius 3 is 2.68 bits per heavy atom. The van der Waals surface area contributed by atoms with Gasteiger partial charge in [-0.1, -0.05) is 19.9 Å². The molecule has 0 aliphatic carbocycles. The second-order valence-electron chi connectivity index (χ2n) is 4.94. The zero-order valence-corrected chi connectivity index (χ0v) is 11.6. The van der Waals surface area contributed by atoms with Gasteiger partial charge in [0.15, 0.2) is 5.78 Å². The highest BCUT2D eigenvalue weighted by Gasteiger charge is 2.18. The van der Waals surface area contributed by atoms with Crippen molar-refractivity contribution in [2.45, 2.75) is 27.2 Å². The number of hydrogen-bond acceptors (Lipinski definition) is 3. The first-order valence-electron chi connectivity index (χ1n) is 6.38. The van der Waals surface area contributed by atoms with Crippen LogP contribution in [0.3, 0.4) is 0 Å². The molecule has 102 valence electrons. The van der Waals surface area contributed by atoms with Crippen LogP contribution >= 0.6 is 0 Å². The predicted molar refractivity (Wildman–Crippen MR) is 73.7 cm³/mol. The molecular formula is C15H19FN2O. The van der Waals surface area contributed by atoms with E-state index in [-0.39, 0.29) is 11.3 Å². The highest BCUT2D eigenvalue weighted by molar-refractivity contribution is 6.00. The standard InChI is InChI=1S/C15H19FN2O/c1-11(2)10-18(9-5-8-17)14-7-4-6-13(16)15(14)12(3)19/h4,6-7,11H,5,9-10H2,1-3H3. The van der Waals surface area contributed by atoms with Gasteiger partial charge in [0.05, 0.1) is 23.7 Å². The van der Waals surface area contributed by atoms with Crippen molar-refractivity contribution in [3.63, 3.8) is 0 Å². The van der Waals surface area contributed by atoms with Crippen molar-refractivity contribution in [3.05, 3.63) is 29.6 Å². The van der Waals surface area contributed by atoms with Crippen LogP contribution in [-0.4, -0.2) is 18.9 Å². The molecule has 0 unspecified atom stereocenters. The molecule has 0 atom stereocenters. The van der Waals surface area contributed by atoms with E-state index in [0.29, 0.717) is 31.1 Å². The minimum absolute atomic E-state index is 0.112. The number of halogens is 1. The van der Waals surface area contributed by atoms with Gasteiger partial charge in [0.1, 0.15) is 5.82 Å². The van der Waals surface area contributed by atoms with Crippen LogP contribution in [0.25, 0.3) is 0 Å². The molecule has 0 aliphatic rings. The molecule has 0 radical (unpaired) electrons. The molecule has 0 bridgehead atoms. The van der Waals surface area contributed by atoms with E-state index >= 15 is 0 Å². The van der Waals surface area contributed by atoms with E-state index in [2.05, 4.69) is 6.07 Å². The average molecular weight is 262 g/mol. The van der Waals surface area contributed by atoms with E-state index < -0.39 is 5.82 Å². The van der Waals surface area contributed by atoms with Crippen LogP contribution in [0.5, 0.6) is 0 Å². The summed E-state index contributed by atoms with van der Waals surface area (Å²) >= 11 is 0. The minimum atomic E-state index is -0.504. The molecule has 19 heavy (non-hydrogen) atoms. The van der Waals surface area contributed by atoms with Crippen LogP contribution in [0.15, 0.2) is 18.2 Å². The van der Waals surface area contributed by atoms with E-state index in [1.165, 1.54) is 13.0 Å². The molecule has 1 aromatic carbocycles. The Balaban J connectivity index is 3.17. The number of hydrogen-bond donors (Lipinski definition) is 0. The molecule has 0 aliphatic heterocycles. The van der Waals surface area contributed by atoms with Crippen molar-refractivity contribution in [2.24, 2.45) is 5.92 Å². The Kier molecular flexibility index (Phi) is 5.50. The van der Waals surface area contributed by atoms with E-state index in [1.54, 1.807) is 12.1 Å². The fourth-order valence-electron chi connectivity index (χ4n) is 2.06. The van der Waals surface area contributed by atoms with Gasteiger partial charge < -0.3 is 4.90 Å². The second kappa shape index (κ2) is 6.89. The summed E-state index contributed by atoms with van der Waals surface area (Å²) in [6.45, 7) is 6.64. The van der Waals surface area contributed by atoms with Gasteiger partial charge >= 0.3 is 0 Å². The molecule has 0 heterocycles. The summed E-state index contributed by atoms with van der Waals surface area (Å²) in [6, 6.07) is 6.70. The van der Waals surface area contributed by atoms with Crippen molar-refractivity contribution in [3.8, 4) is 6.07 Å². The maximum atomic E-state index is 13.8. The summed E-state index contributed by atoms with van der Waals surface area (Å²) < 4.78 is 13.8. The lowest BCUT2D eigenvalue weighted by atomic mass is 10.1. The third kappa shape index (κ3) is 4.06. The molecular weight excluding hydrogens is 243 g/mol. The average Bonchev–Trinajstić information content (AvgIpc) is 2.33. The molecule has 0 N–H and O–H groups in total. The summed E-state index contributed by atoms with van der Waals surface area (Å²) in [5.41, 5.74) is 0.692. The molecule has 0 fully saturated rings. The van der Waals surface area contributed by atoms with Crippen molar-refractivity contribution in [2.75, 3.05) is 18.0 Å². The maximum absolute atomic E-state index is 13.8. The van der Waals surface area contributed by atoms with Crippen molar-refractivity contribution >= 4 is 11.5 Å². The highest BCUT2D eigenvalue weighted by Crippen LogP contribution is 2.25. The molecule has 0 spiro atoms. The zero-order chi connectivity index (χ0) is 14.4. The summed E-state index contributed by atoms with van der Waals surface area (Å²) in [7, 11) is 0. The molecule has 1 rings (SSSR count). The Labute approximate surface area is 113 Å². The first-order valence-corrected chi connectivity index (χ1v) is 6.38. The fraction of sp³-hybridized carbons (Fsp3) is 0.467.